The minimum absolute atomic E-state index is 0.0443. The van der Waals surface area contributed by atoms with Crippen molar-refractivity contribution in [1.29, 1.82) is 0 Å². The Kier molecular flexibility index (Phi) is 8.80. The molecule has 1 aromatic carbocycles. The summed E-state index contributed by atoms with van der Waals surface area (Å²) in [5.74, 6) is -1.72. The number of methoxy groups -OCH3 is 1. The van der Waals surface area contributed by atoms with Crippen LogP contribution >= 0.6 is 12.2 Å². The average molecular weight is 542 g/mol. The second-order valence-electron chi connectivity index (χ2n) is 8.37. The Labute approximate surface area is 229 Å². The molecule has 0 bridgehead atoms. The van der Waals surface area contributed by atoms with E-state index in [0.29, 0.717) is 39.8 Å². The molecule has 3 aromatic heterocycles. The minimum atomic E-state index is -1.13. The van der Waals surface area contributed by atoms with E-state index in [1.807, 2.05) is 42.5 Å². The first-order valence-electron chi connectivity index (χ1n) is 11.7. The molecule has 0 aliphatic rings. The van der Waals surface area contributed by atoms with Crippen molar-refractivity contribution in [2.75, 3.05) is 20.2 Å². The molecule has 0 saturated carbocycles. The predicted molar refractivity (Wildman–Crippen MR) is 148 cm³/mol. The molecule has 0 saturated heterocycles. The standard InChI is InChI=1S/C28H23N5O5S/c1-38-25-8-7-18(11-23(25)31-17-39)20-12-22(21-6-2-3-9-29-21)32-24(13-20)28-19(5-4-10-30-28)14-33(15-26(34)35)16-27(36)37/h2-13H,14-16H2,1H3,(H,34,35)(H,36,37). The Bertz CT molecular complexity index is 1540. The Balaban J connectivity index is 1.87. The number of pyridine rings is 3. The van der Waals surface area contributed by atoms with E-state index in [0.717, 1.165) is 11.1 Å². The molecular formula is C28H23N5O5S. The van der Waals surface area contributed by atoms with Crippen LogP contribution in [-0.4, -0.2) is 67.4 Å². The van der Waals surface area contributed by atoms with Gasteiger partial charge < -0.3 is 14.9 Å². The van der Waals surface area contributed by atoms with Gasteiger partial charge in [0, 0.05) is 18.9 Å². The number of hydrogen-bond donors (Lipinski definition) is 2. The predicted octanol–water partition coefficient (Wildman–Crippen LogP) is 4.59. The minimum Gasteiger partial charge on any atom is -0.494 e. The molecule has 3 heterocycles. The first-order chi connectivity index (χ1) is 18.9. The molecule has 0 aliphatic heterocycles. The third-order valence-corrected chi connectivity index (χ3v) is 5.77. The monoisotopic (exact) mass is 541 g/mol. The molecule has 11 heteroatoms. The molecule has 0 aliphatic carbocycles. The van der Waals surface area contributed by atoms with Crippen molar-refractivity contribution in [3.63, 3.8) is 0 Å². The molecule has 4 rings (SSSR count). The molecule has 0 fully saturated rings. The van der Waals surface area contributed by atoms with Crippen LogP contribution in [0, 0.1) is 0 Å². The van der Waals surface area contributed by atoms with E-state index in [9.17, 15) is 19.8 Å². The summed E-state index contributed by atoms with van der Waals surface area (Å²) < 4.78 is 5.38. The van der Waals surface area contributed by atoms with Gasteiger partial charge in [-0.25, -0.2) is 4.98 Å². The Hall–Kier alpha value is -4.83. The number of aromatic nitrogens is 3. The summed E-state index contributed by atoms with van der Waals surface area (Å²) in [6.07, 6.45) is 3.27. The van der Waals surface area contributed by atoms with E-state index in [1.54, 1.807) is 37.7 Å². The first kappa shape index (κ1) is 27.2. The van der Waals surface area contributed by atoms with Crippen molar-refractivity contribution < 1.29 is 24.5 Å². The summed E-state index contributed by atoms with van der Waals surface area (Å²) in [6, 6.07) is 18.2. The maximum absolute atomic E-state index is 11.4. The fourth-order valence-electron chi connectivity index (χ4n) is 4.06. The fraction of sp³-hybridized carbons (Fsp3) is 0.143. The zero-order valence-corrected chi connectivity index (χ0v) is 21.6. The fourth-order valence-corrected chi connectivity index (χ4v) is 4.16. The zero-order valence-electron chi connectivity index (χ0n) is 20.8. The summed E-state index contributed by atoms with van der Waals surface area (Å²) in [4.78, 5) is 42.0. The van der Waals surface area contributed by atoms with Gasteiger partial charge in [-0.3, -0.25) is 24.5 Å². The summed E-state index contributed by atoms with van der Waals surface area (Å²) >= 11 is 4.80. The lowest BCUT2D eigenvalue weighted by molar-refractivity contribution is -0.142. The average Bonchev–Trinajstić information content (AvgIpc) is 2.93. The SMILES string of the molecule is COc1ccc(-c2cc(-c3ccccn3)nc(-c3ncccc3CN(CC(=O)O)CC(=O)O)c2)cc1N=C=S. The number of carboxylic acid groups (broad SMARTS) is 2. The summed E-state index contributed by atoms with van der Waals surface area (Å²) in [7, 11) is 1.54. The van der Waals surface area contributed by atoms with Gasteiger partial charge in [0.25, 0.3) is 0 Å². The van der Waals surface area contributed by atoms with Crippen LogP contribution in [0.5, 0.6) is 5.75 Å². The zero-order chi connectivity index (χ0) is 27.8. The number of hydrogen-bond acceptors (Lipinski definition) is 9. The van der Waals surface area contributed by atoms with Crippen LogP contribution in [0.1, 0.15) is 5.56 Å². The van der Waals surface area contributed by atoms with Crippen molar-refractivity contribution in [1.82, 2.24) is 19.9 Å². The highest BCUT2D eigenvalue weighted by atomic mass is 32.1. The van der Waals surface area contributed by atoms with E-state index in [4.69, 9.17) is 21.9 Å². The number of nitrogens with zero attached hydrogens (tertiary/aromatic N) is 5. The van der Waals surface area contributed by atoms with E-state index in [1.165, 1.54) is 4.90 Å². The number of aliphatic carboxylic acids is 2. The normalized spacial score (nSPS) is 10.6. The molecule has 4 aromatic rings. The van der Waals surface area contributed by atoms with Crippen LogP contribution in [0.4, 0.5) is 5.69 Å². The van der Waals surface area contributed by atoms with Crippen LogP contribution in [-0.2, 0) is 16.1 Å². The van der Waals surface area contributed by atoms with Gasteiger partial charge in [-0.05, 0) is 71.4 Å². The lowest BCUT2D eigenvalue weighted by Crippen LogP contribution is -2.34. The summed E-state index contributed by atoms with van der Waals surface area (Å²) in [5, 5.41) is 20.9. The Morgan fingerprint density at radius 2 is 1.67 bits per heavy atom. The topological polar surface area (TPSA) is 138 Å². The number of isothiocyanates is 1. The van der Waals surface area contributed by atoms with Crippen molar-refractivity contribution >= 4 is 35.0 Å². The third kappa shape index (κ3) is 6.93. The third-order valence-electron chi connectivity index (χ3n) is 5.68. The maximum atomic E-state index is 11.4. The van der Waals surface area contributed by atoms with E-state index in [2.05, 4.69) is 20.1 Å². The molecule has 196 valence electrons. The highest BCUT2D eigenvalue weighted by Crippen LogP contribution is 2.35. The van der Waals surface area contributed by atoms with E-state index >= 15 is 0 Å². The number of carbonyl (C=O) groups is 2. The number of aliphatic imine (C=N–C) groups is 1. The van der Waals surface area contributed by atoms with Crippen LogP contribution < -0.4 is 4.74 Å². The molecule has 2 N–H and O–H groups in total. The lowest BCUT2D eigenvalue weighted by atomic mass is 10.0. The molecule has 0 spiro atoms. The van der Waals surface area contributed by atoms with Crippen LogP contribution in [0.3, 0.4) is 0 Å². The number of benzene rings is 1. The highest BCUT2D eigenvalue weighted by Gasteiger charge is 2.19. The van der Waals surface area contributed by atoms with Gasteiger partial charge in [-0.2, -0.15) is 4.99 Å². The number of ether oxygens (including phenoxy) is 1. The maximum Gasteiger partial charge on any atom is 0.317 e. The van der Waals surface area contributed by atoms with Gasteiger partial charge in [0.15, 0.2) is 0 Å². The number of rotatable bonds is 11. The van der Waals surface area contributed by atoms with Crippen LogP contribution in [0.15, 0.2) is 78.0 Å². The molecule has 0 unspecified atom stereocenters. The summed E-state index contributed by atoms with van der Waals surface area (Å²) in [5.41, 5.74) is 4.94. The van der Waals surface area contributed by atoms with Crippen LogP contribution in [0.2, 0.25) is 0 Å². The van der Waals surface area contributed by atoms with Crippen molar-refractivity contribution in [2.45, 2.75) is 6.54 Å². The quantitative estimate of drug-likeness (QED) is 0.205. The van der Waals surface area contributed by atoms with Crippen molar-refractivity contribution in [3.05, 3.63) is 78.6 Å². The molecular weight excluding hydrogens is 518 g/mol. The van der Waals surface area contributed by atoms with Crippen molar-refractivity contribution in [2.24, 2.45) is 4.99 Å². The van der Waals surface area contributed by atoms with Gasteiger partial charge in [0.1, 0.15) is 11.4 Å². The second-order valence-corrected chi connectivity index (χ2v) is 8.56. The largest absolute Gasteiger partial charge is 0.494 e. The second kappa shape index (κ2) is 12.6. The molecule has 10 nitrogen and oxygen atoms in total. The summed E-state index contributed by atoms with van der Waals surface area (Å²) in [6.45, 7) is -0.840. The molecule has 0 amide bonds. The molecule has 0 atom stereocenters. The van der Waals surface area contributed by atoms with Gasteiger partial charge >= 0.3 is 11.9 Å². The molecule has 39 heavy (non-hydrogen) atoms. The van der Waals surface area contributed by atoms with Crippen molar-refractivity contribution in [3.8, 4) is 39.7 Å². The smallest absolute Gasteiger partial charge is 0.317 e. The number of thiocarbonyl (C=S) groups is 1. The highest BCUT2D eigenvalue weighted by molar-refractivity contribution is 7.78. The van der Waals surface area contributed by atoms with Gasteiger partial charge in [-0.1, -0.05) is 18.2 Å². The van der Waals surface area contributed by atoms with E-state index in [-0.39, 0.29) is 6.54 Å². The lowest BCUT2D eigenvalue weighted by Gasteiger charge is -2.19. The van der Waals surface area contributed by atoms with Gasteiger partial charge in [-0.15, -0.1) is 0 Å². The number of carboxylic acids is 2. The Morgan fingerprint density at radius 1 is 0.923 bits per heavy atom. The van der Waals surface area contributed by atoms with Crippen LogP contribution in [0.25, 0.3) is 33.9 Å². The van der Waals surface area contributed by atoms with Gasteiger partial charge in [0.2, 0.25) is 0 Å². The Morgan fingerprint density at radius 3 is 2.33 bits per heavy atom. The first-order valence-corrected chi connectivity index (χ1v) is 12.1. The van der Waals surface area contributed by atoms with Gasteiger partial charge in [0.05, 0.1) is 48.1 Å². The van der Waals surface area contributed by atoms with E-state index < -0.39 is 25.0 Å². The molecule has 0 radical (unpaired) electrons.